The molecule has 0 aromatic heterocycles. The number of alkyl halides is 5. The fourth-order valence-electron chi connectivity index (χ4n) is 1.23. The van der Waals surface area contributed by atoms with Gasteiger partial charge in [0.15, 0.2) is 11.6 Å². The van der Waals surface area contributed by atoms with E-state index < -0.39 is 40.8 Å². The van der Waals surface area contributed by atoms with Crippen molar-refractivity contribution in [3.8, 4) is 5.75 Å². The van der Waals surface area contributed by atoms with Gasteiger partial charge in [-0.1, -0.05) is 0 Å². The molecular formula is C10H5F7O2. The van der Waals surface area contributed by atoms with Crippen LogP contribution >= 0.6 is 0 Å². The van der Waals surface area contributed by atoms with Gasteiger partial charge in [0, 0.05) is 6.07 Å². The molecule has 9 heteroatoms. The summed E-state index contributed by atoms with van der Waals surface area (Å²) in [5.74, 6) is -12.8. The predicted octanol–water partition coefficient (Wildman–Crippen LogP) is 3.35. The van der Waals surface area contributed by atoms with E-state index >= 15 is 0 Å². The van der Waals surface area contributed by atoms with Crippen LogP contribution in [0.15, 0.2) is 12.1 Å². The standard InChI is InChI=1S/C10H5F7O2/c1-19-7-5(2-4(11)3-6(7)12)8(18)9(13,14)10(15,16)17/h2-3H,1H3. The molecule has 1 aromatic rings. The maximum atomic E-state index is 13.1. The number of ketones is 1. The highest BCUT2D eigenvalue weighted by atomic mass is 19.4. The van der Waals surface area contributed by atoms with Crippen molar-refractivity contribution in [1.82, 2.24) is 0 Å². The van der Waals surface area contributed by atoms with E-state index in [0.717, 1.165) is 7.11 Å². The lowest BCUT2D eigenvalue weighted by atomic mass is 10.0. The van der Waals surface area contributed by atoms with Crippen LogP contribution in [0, 0.1) is 11.6 Å². The van der Waals surface area contributed by atoms with Gasteiger partial charge >= 0.3 is 12.1 Å². The van der Waals surface area contributed by atoms with Gasteiger partial charge in [-0.15, -0.1) is 0 Å². The molecule has 0 saturated heterocycles. The van der Waals surface area contributed by atoms with Crippen LogP contribution in [0.5, 0.6) is 5.75 Å². The molecule has 0 bridgehead atoms. The molecule has 2 nitrogen and oxygen atoms in total. The molecule has 0 aliphatic heterocycles. The van der Waals surface area contributed by atoms with E-state index in [1.807, 2.05) is 0 Å². The molecule has 1 rings (SSSR count). The first kappa shape index (κ1) is 15.3. The van der Waals surface area contributed by atoms with Crippen LogP contribution in [0.2, 0.25) is 0 Å². The second-order valence-electron chi connectivity index (χ2n) is 3.37. The molecule has 19 heavy (non-hydrogen) atoms. The van der Waals surface area contributed by atoms with Crippen LogP contribution in [0.25, 0.3) is 0 Å². The zero-order chi connectivity index (χ0) is 15.0. The van der Waals surface area contributed by atoms with Crippen LogP contribution in [-0.4, -0.2) is 25.0 Å². The third-order valence-electron chi connectivity index (χ3n) is 2.10. The molecule has 0 heterocycles. The Morgan fingerprint density at radius 1 is 1.11 bits per heavy atom. The summed E-state index contributed by atoms with van der Waals surface area (Å²) in [5.41, 5.74) is -1.53. The average Bonchev–Trinajstić information content (AvgIpc) is 2.25. The Kier molecular flexibility index (Phi) is 3.78. The van der Waals surface area contributed by atoms with Crippen molar-refractivity contribution in [2.24, 2.45) is 0 Å². The number of hydrogen-bond donors (Lipinski definition) is 0. The molecule has 0 saturated carbocycles. The first-order chi connectivity index (χ1) is 8.52. The molecule has 0 fully saturated rings. The quantitative estimate of drug-likeness (QED) is 0.630. The van der Waals surface area contributed by atoms with E-state index in [1.165, 1.54) is 0 Å². The lowest BCUT2D eigenvalue weighted by molar-refractivity contribution is -0.255. The van der Waals surface area contributed by atoms with Crippen LogP contribution in [-0.2, 0) is 0 Å². The molecule has 0 unspecified atom stereocenters. The van der Waals surface area contributed by atoms with Crippen LogP contribution < -0.4 is 4.74 Å². The number of ether oxygens (including phenoxy) is 1. The second-order valence-corrected chi connectivity index (χ2v) is 3.37. The van der Waals surface area contributed by atoms with Crippen LogP contribution in [0.4, 0.5) is 30.7 Å². The lowest BCUT2D eigenvalue weighted by Crippen LogP contribution is -2.44. The van der Waals surface area contributed by atoms with Crippen molar-refractivity contribution in [2.75, 3.05) is 7.11 Å². The van der Waals surface area contributed by atoms with Crippen molar-refractivity contribution in [2.45, 2.75) is 12.1 Å². The summed E-state index contributed by atoms with van der Waals surface area (Å²) in [6.07, 6.45) is -6.18. The van der Waals surface area contributed by atoms with E-state index in [2.05, 4.69) is 4.74 Å². The molecule has 106 valence electrons. The number of carbonyl (C=O) groups is 1. The largest absolute Gasteiger partial charge is 0.493 e. The summed E-state index contributed by atoms with van der Waals surface area (Å²) < 4.78 is 91.8. The molecule has 0 amide bonds. The highest BCUT2D eigenvalue weighted by Gasteiger charge is 2.63. The minimum absolute atomic E-state index is 0.0455. The van der Waals surface area contributed by atoms with Crippen LogP contribution in [0.3, 0.4) is 0 Å². The molecule has 0 atom stereocenters. The zero-order valence-electron chi connectivity index (χ0n) is 9.12. The van der Waals surface area contributed by atoms with Gasteiger partial charge in [0.2, 0.25) is 5.78 Å². The normalized spacial score (nSPS) is 12.4. The van der Waals surface area contributed by atoms with E-state index in [1.54, 1.807) is 0 Å². The molecule has 0 N–H and O–H groups in total. The van der Waals surface area contributed by atoms with Crippen molar-refractivity contribution in [3.63, 3.8) is 0 Å². The Bertz CT molecular complexity index is 507. The molecule has 0 radical (unpaired) electrons. The van der Waals surface area contributed by atoms with Gasteiger partial charge in [0.05, 0.1) is 12.7 Å². The molecule has 0 aliphatic carbocycles. The topological polar surface area (TPSA) is 26.3 Å². The Hall–Kier alpha value is -1.80. The van der Waals surface area contributed by atoms with E-state index in [-0.39, 0.29) is 12.1 Å². The minimum Gasteiger partial charge on any atom is -0.493 e. The Balaban J connectivity index is 3.43. The van der Waals surface area contributed by atoms with Crippen molar-refractivity contribution in [3.05, 3.63) is 29.3 Å². The smallest absolute Gasteiger partial charge is 0.461 e. The monoisotopic (exact) mass is 290 g/mol. The van der Waals surface area contributed by atoms with Gasteiger partial charge in [0.1, 0.15) is 5.82 Å². The van der Waals surface area contributed by atoms with Gasteiger partial charge in [-0.2, -0.15) is 22.0 Å². The number of methoxy groups -OCH3 is 1. The molecule has 0 aliphatic rings. The highest BCUT2D eigenvalue weighted by Crippen LogP contribution is 2.40. The maximum absolute atomic E-state index is 13.1. The Labute approximate surface area is 101 Å². The van der Waals surface area contributed by atoms with Gasteiger partial charge in [-0.25, -0.2) is 8.78 Å². The van der Waals surface area contributed by atoms with Crippen molar-refractivity contribution in [1.29, 1.82) is 0 Å². The van der Waals surface area contributed by atoms with Crippen molar-refractivity contribution >= 4 is 5.78 Å². The van der Waals surface area contributed by atoms with E-state index in [9.17, 15) is 35.5 Å². The number of benzene rings is 1. The average molecular weight is 290 g/mol. The van der Waals surface area contributed by atoms with Crippen molar-refractivity contribution < 1.29 is 40.3 Å². The molecule has 1 aromatic carbocycles. The molecule has 0 spiro atoms. The summed E-state index contributed by atoms with van der Waals surface area (Å²) in [4.78, 5) is 11.1. The number of hydrogen-bond acceptors (Lipinski definition) is 2. The summed E-state index contributed by atoms with van der Waals surface area (Å²) in [5, 5.41) is 0. The minimum atomic E-state index is -6.18. The highest BCUT2D eigenvalue weighted by molar-refractivity contribution is 6.04. The SMILES string of the molecule is COc1c(F)cc(F)cc1C(=O)C(F)(F)C(F)(F)F. The van der Waals surface area contributed by atoms with E-state index in [4.69, 9.17) is 0 Å². The first-order valence-corrected chi connectivity index (χ1v) is 4.54. The summed E-state index contributed by atoms with van der Waals surface area (Å²) in [7, 11) is 0.735. The summed E-state index contributed by atoms with van der Waals surface area (Å²) in [6.45, 7) is 0. The fourth-order valence-corrected chi connectivity index (χ4v) is 1.23. The zero-order valence-corrected chi connectivity index (χ0v) is 9.12. The first-order valence-electron chi connectivity index (χ1n) is 4.54. The number of halogens is 7. The van der Waals surface area contributed by atoms with Gasteiger partial charge in [-0.3, -0.25) is 4.79 Å². The Morgan fingerprint density at radius 3 is 2.05 bits per heavy atom. The maximum Gasteiger partial charge on any atom is 0.461 e. The van der Waals surface area contributed by atoms with Gasteiger partial charge in [-0.05, 0) is 6.07 Å². The summed E-state index contributed by atoms with van der Waals surface area (Å²) >= 11 is 0. The number of carbonyl (C=O) groups excluding carboxylic acids is 1. The fraction of sp³-hybridized carbons (Fsp3) is 0.300. The Morgan fingerprint density at radius 2 is 1.63 bits per heavy atom. The number of rotatable bonds is 3. The van der Waals surface area contributed by atoms with Gasteiger partial charge < -0.3 is 4.74 Å². The predicted molar refractivity (Wildman–Crippen MR) is 48.2 cm³/mol. The third-order valence-corrected chi connectivity index (χ3v) is 2.10. The summed E-state index contributed by atoms with van der Waals surface area (Å²) in [6, 6.07) is 0.227. The van der Waals surface area contributed by atoms with E-state index in [0.29, 0.717) is 0 Å². The van der Waals surface area contributed by atoms with Gasteiger partial charge in [0.25, 0.3) is 0 Å². The molecular weight excluding hydrogens is 285 g/mol. The lowest BCUT2D eigenvalue weighted by Gasteiger charge is -2.19. The number of Topliss-reactive ketones (excluding diaryl/α,β-unsaturated/α-hetero) is 1. The second kappa shape index (κ2) is 4.71. The van der Waals surface area contributed by atoms with Crippen LogP contribution in [0.1, 0.15) is 10.4 Å². The third kappa shape index (κ3) is 2.64.